The van der Waals surface area contributed by atoms with Gasteiger partial charge >= 0.3 is 0 Å². The van der Waals surface area contributed by atoms with Gasteiger partial charge in [0.15, 0.2) is 0 Å². The molecule has 0 aliphatic rings. The van der Waals surface area contributed by atoms with Crippen LogP contribution in [0, 0.1) is 0 Å². The van der Waals surface area contributed by atoms with Gasteiger partial charge < -0.3 is 16.0 Å². The predicted molar refractivity (Wildman–Crippen MR) is 77.1 cm³/mol. The summed E-state index contributed by atoms with van der Waals surface area (Å²) in [6, 6.07) is 3.39. The minimum Gasteiger partial charge on any atom is -0.399 e. The van der Waals surface area contributed by atoms with Crippen LogP contribution >= 0.6 is 23.2 Å². The van der Waals surface area contributed by atoms with Gasteiger partial charge in [-0.3, -0.25) is 0 Å². The van der Waals surface area contributed by atoms with Gasteiger partial charge in [0, 0.05) is 17.8 Å². The average Bonchev–Trinajstić information content (AvgIpc) is 2.15. The molecule has 0 aliphatic heterocycles. The van der Waals surface area contributed by atoms with Crippen molar-refractivity contribution in [3.05, 3.63) is 22.2 Å². The fraction of sp³-hybridized carbons (Fsp3) is 0.500. The molecule has 0 fully saturated rings. The van der Waals surface area contributed by atoms with Crippen molar-refractivity contribution in [2.45, 2.75) is 19.4 Å². The number of nitrogens with one attached hydrogen (secondary N) is 1. The molecule has 3 nitrogen and oxygen atoms in total. The standard InChI is InChI=1S/C12H19Cl2N3/c1-12(2,17(3)4)7-16-11-9(13)5-8(15)6-10(11)14/h5-6,16H,7,15H2,1-4H3. The van der Waals surface area contributed by atoms with Crippen molar-refractivity contribution >= 4 is 34.6 Å². The van der Waals surface area contributed by atoms with Gasteiger partial charge in [-0.05, 0) is 40.1 Å². The number of nitrogen functional groups attached to an aromatic ring is 1. The van der Waals surface area contributed by atoms with Crippen molar-refractivity contribution in [1.29, 1.82) is 0 Å². The second-order valence-corrected chi connectivity index (χ2v) is 5.73. The zero-order valence-electron chi connectivity index (χ0n) is 10.6. The summed E-state index contributed by atoms with van der Waals surface area (Å²) in [4.78, 5) is 2.14. The predicted octanol–water partition coefficient (Wildman–Crippen LogP) is 3.33. The molecule has 1 aromatic carbocycles. The van der Waals surface area contributed by atoms with E-state index in [9.17, 15) is 0 Å². The van der Waals surface area contributed by atoms with Crippen molar-refractivity contribution in [2.24, 2.45) is 0 Å². The monoisotopic (exact) mass is 275 g/mol. The second kappa shape index (κ2) is 5.34. The first-order valence-corrected chi connectivity index (χ1v) is 6.15. The molecule has 0 radical (unpaired) electrons. The summed E-state index contributed by atoms with van der Waals surface area (Å²) >= 11 is 12.2. The van der Waals surface area contributed by atoms with E-state index in [1.807, 2.05) is 14.1 Å². The fourth-order valence-electron chi connectivity index (χ4n) is 1.22. The van der Waals surface area contributed by atoms with Gasteiger partial charge in [0.25, 0.3) is 0 Å². The van der Waals surface area contributed by atoms with E-state index in [-0.39, 0.29) is 5.54 Å². The van der Waals surface area contributed by atoms with Crippen LogP contribution in [0.3, 0.4) is 0 Å². The van der Waals surface area contributed by atoms with E-state index in [1.165, 1.54) is 0 Å². The molecular weight excluding hydrogens is 257 g/mol. The van der Waals surface area contributed by atoms with E-state index in [4.69, 9.17) is 28.9 Å². The summed E-state index contributed by atoms with van der Waals surface area (Å²) in [5.74, 6) is 0. The first kappa shape index (κ1) is 14.4. The number of nitrogens with zero attached hydrogens (tertiary/aromatic N) is 1. The van der Waals surface area contributed by atoms with Crippen LogP contribution in [0.25, 0.3) is 0 Å². The largest absolute Gasteiger partial charge is 0.399 e. The normalized spacial score (nSPS) is 11.9. The van der Waals surface area contributed by atoms with Crippen molar-refractivity contribution in [3.8, 4) is 0 Å². The number of likely N-dealkylation sites (N-methyl/N-ethyl adjacent to an activating group) is 1. The lowest BCUT2D eigenvalue weighted by Gasteiger charge is -2.33. The molecule has 0 saturated heterocycles. The molecule has 0 bridgehead atoms. The van der Waals surface area contributed by atoms with Gasteiger partial charge in [-0.1, -0.05) is 23.2 Å². The molecule has 17 heavy (non-hydrogen) atoms. The Balaban J connectivity index is 2.83. The number of hydrogen-bond acceptors (Lipinski definition) is 3. The molecule has 0 saturated carbocycles. The molecule has 0 atom stereocenters. The number of hydrogen-bond donors (Lipinski definition) is 2. The minimum absolute atomic E-state index is 0.00798. The van der Waals surface area contributed by atoms with E-state index >= 15 is 0 Å². The minimum atomic E-state index is 0.00798. The van der Waals surface area contributed by atoms with Gasteiger partial charge in [-0.2, -0.15) is 0 Å². The Bertz CT molecular complexity index is 380. The van der Waals surface area contributed by atoms with E-state index < -0.39 is 0 Å². The highest BCUT2D eigenvalue weighted by atomic mass is 35.5. The molecule has 0 spiro atoms. The van der Waals surface area contributed by atoms with Crippen LogP contribution in [-0.2, 0) is 0 Å². The van der Waals surface area contributed by atoms with E-state index in [2.05, 4.69) is 24.1 Å². The number of nitrogens with two attached hydrogens (primary N) is 1. The lowest BCUT2D eigenvalue weighted by atomic mass is 10.0. The lowest BCUT2D eigenvalue weighted by molar-refractivity contribution is 0.210. The van der Waals surface area contributed by atoms with Crippen molar-refractivity contribution in [1.82, 2.24) is 4.90 Å². The molecule has 0 amide bonds. The van der Waals surface area contributed by atoms with Gasteiger partial charge in [0.2, 0.25) is 0 Å². The maximum absolute atomic E-state index is 6.10. The highest BCUT2D eigenvalue weighted by Crippen LogP contribution is 2.33. The Hall–Kier alpha value is -0.640. The van der Waals surface area contributed by atoms with Crippen LogP contribution in [0.4, 0.5) is 11.4 Å². The summed E-state index contributed by atoms with van der Waals surface area (Å²) in [5, 5.41) is 4.36. The number of benzene rings is 1. The Kier molecular flexibility index (Phi) is 4.53. The summed E-state index contributed by atoms with van der Waals surface area (Å²) in [7, 11) is 4.07. The van der Waals surface area contributed by atoms with Crippen LogP contribution < -0.4 is 11.1 Å². The summed E-state index contributed by atoms with van der Waals surface area (Å²) < 4.78 is 0. The number of rotatable bonds is 4. The molecule has 0 aromatic heterocycles. The maximum atomic E-state index is 6.10. The zero-order valence-corrected chi connectivity index (χ0v) is 12.2. The third-order valence-electron chi connectivity index (χ3n) is 2.97. The van der Waals surface area contributed by atoms with Gasteiger partial charge in [-0.25, -0.2) is 0 Å². The Morgan fingerprint density at radius 1 is 1.24 bits per heavy atom. The molecule has 3 N–H and O–H groups in total. The van der Waals surface area contributed by atoms with E-state index in [0.717, 1.165) is 12.2 Å². The Morgan fingerprint density at radius 3 is 2.12 bits per heavy atom. The zero-order chi connectivity index (χ0) is 13.2. The SMILES string of the molecule is CN(C)C(C)(C)CNc1c(Cl)cc(N)cc1Cl. The van der Waals surface area contributed by atoms with Crippen molar-refractivity contribution in [2.75, 3.05) is 31.7 Å². The molecule has 0 heterocycles. The average molecular weight is 276 g/mol. The molecule has 1 rings (SSSR count). The third kappa shape index (κ3) is 3.66. The van der Waals surface area contributed by atoms with E-state index in [1.54, 1.807) is 12.1 Å². The molecule has 1 aromatic rings. The van der Waals surface area contributed by atoms with Gasteiger partial charge in [0.05, 0.1) is 15.7 Å². The van der Waals surface area contributed by atoms with Crippen LogP contribution in [0.15, 0.2) is 12.1 Å². The Morgan fingerprint density at radius 2 is 1.71 bits per heavy atom. The Labute approximate surface area is 113 Å². The first-order valence-electron chi connectivity index (χ1n) is 5.40. The molecular formula is C12H19Cl2N3. The number of anilines is 2. The van der Waals surface area contributed by atoms with Gasteiger partial charge in [0.1, 0.15) is 0 Å². The van der Waals surface area contributed by atoms with Crippen molar-refractivity contribution in [3.63, 3.8) is 0 Å². The quantitative estimate of drug-likeness (QED) is 0.829. The summed E-state index contributed by atoms with van der Waals surface area (Å²) in [5.41, 5.74) is 6.96. The number of halogens is 2. The van der Waals surface area contributed by atoms with Crippen LogP contribution in [0.1, 0.15) is 13.8 Å². The second-order valence-electron chi connectivity index (χ2n) is 4.92. The third-order valence-corrected chi connectivity index (χ3v) is 3.57. The molecule has 5 heteroatoms. The molecule has 0 unspecified atom stereocenters. The van der Waals surface area contributed by atoms with E-state index in [0.29, 0.717) is 15.7 Å². The maximum Gasteiger partial charge on any atom is 0.0721 e. The first-order chi connectivity index (χ1) is 7.74. The van der Waals surface area contributed by atoms with Crippen molar-refractivity contribution < 1.29 is 0 Å². The van der Waals surface area contributed by atoms with Gasteiger partial charge in [-0.15, -0.1) is 0 Å². The smallest absolute Gasteiger partial charge is 0.0721 e. The summed E-state index contributed by atoms with van der Waals surface area (Å²) in [6.07, 6.45) is 0. The fourth-order valence-corrected chi connectivity index (χ4v) is 1.86. The highest BCUT2D eigenvalue weighted by Gasteiger charge is 2.21. The van der Waals surface area contributed by atoms with Crippen LogP contribution in [-0.4, -0.2) is 31.1 Å². The highest BCUT2D eigenvalue weighted by molar-refractivity contribution is 6.39. The van der Waals surface area contributed by atoms with Crippen LogP contribution in [0.5, 0.6) is 0 Å². The van der Waals surface area contributed by atoms with Crippen LogP contribution in [0.2, 0.25) is 10.0 Å². The lowest BCUT2D eigenvalue weighted by Crippen LogP contribution is -2.44. The molecule has 0 aliphatic carbocycles. The molecule has 96 valence electrons. The topological polar surface area (TPSA) is 41.3 Å². The summed E-state index contributed by atoms with van der Waals surface area (Å²) in [6.45, 7) is 5.02.